The maximum atomic E-state index is 12.5. The fourth-order valence-electron chi connectivity index (χ4n) is 3.00. The second-order valence-electron chi connectivity index (χ2n) is 7.14. The van der Waals surface area contributed by atoms with Crippen LogP contribution in [0.15, 0.2) is 60.7 Å². The summed E-state index contributed by atoms with van der Waals surface area (Å²) in [5, 5.41) is 5.12. The van der Waals surface area contributed by atoms with Crippen LogP contribution in [-0.2, 0) is 11.3 Å². The smallest absolute Gasteiger partial charge is 0.261 e. The molecule has 0 saturated carbocycles. The van der Waals surface area contributed by atoms with Crippen LogP contribution in [0.4, 0.5) is 0 Å². The van der Waals surface area contributed by atoms with E-state index in [2.05, 4.69) is 5.32 Å². The largest absolute Gasteiger partial charge is 0.493 e. The van der Waals surface area contributed by atoms with Gasteiger partial charge >= 0.3 is 0 Å². The summed E-state index contributed by atoms with van der Waals surface area (Å²) in [4.78, 5) is 12.5. The standard InChI is InChI=1S/C24H27NO4/c1-16(2)28-22-12-9-18(13-23(22)27-4)15-25-24(26)17(3)29-21-11-10-19-7-5-6-8-20(19)14-21/h5-14,16-17H,15H2,1-4H3,(H,25,26). The van der Waals surface area contributed by atoms with Gasteiger partial charge in [0.2, 0.25) is 0 Å². The van der Waals surface area contributed by atoms with E-state index in [9.17, 15) is 4.79 Å². The predicted octanol–water partition coefficient (Wildman–Crippen LogP) is 4.72. The first-order valence-corrected chi connectivity index (χ1v) is 9.73. The van der Waals surface area contributed by atoms with Crippen molar-refractivity contribution in [2.24, 2.45) is 0 Å². The van der Waals surface area contributed by atoms with Crippen LogP contribution >= 0.6 is 0 Å². The van der Waals surface area contributed by atoms with E-state index in [-0.39, 0.29) is 12.0 Å². The van der Waals surface area contributed by atoms with E-state index in [4.69, 9.17) is 14.2 Å². The van der Waals surface area contributed by atoms with Crippen molar-refractivity contribution in [2.75, 3.05) is 7.11 Å². The molecule has 0 heterocycles. The minimum Gasteiger partial charge on any atom is -0.493 e. The van der Waals surface area contributed by atoms with Gasteiger partial charge in [-0.25, -0.2) is 0 Å². The minimum absolute atomic E-state index is 0.0579. The molecule has 1 N–H and O–H groups in total. The molecule has 0 aromatic heterocycles. The first-order chi connectivity index (χ1) is 14.0. The van der Waals surface area contributed by atoms with Gasteiger partial charge in [-0.15, -0.1) is 0 Å². The second kappa shape index (κ2) is 9.32. The maximum Gasteiger partial charge on any atom is 0.261 e. The Hall–Kier alpha value is -3.21. The zero-order chi connectivity index (χ0) is 20.8. The van der Waals surface area contributed by atoms with Gasteiger partial charge in [-0.1, -0.05) is 36.4 Å². The molecule has 0 radical (unpaired) electrons. The van der Waals surface area contributed by atoms with E-state index >= 15 is 0 Å². The van der Waals surface area contributed by atoms with E-state index in [1.165, 1.54) is 0 Å². The lowest BCUT2D eigenvalue weighted by Crippen LogP contribution is -2.35. The van der Waals surface area contributed by atoms with E-state index in [1.54, 1.807) is 14.0 Å². The number of methoxy groups -OCH3 is 1. The Morgan fingerprint density at radius 2 is 1.66 bits per heavy atom. The summed E-state index contributed by atoms with van der Waals surface area (Å²) < 4.78 is 16.9. The molecule has 0 fully saturated rings. The minimum atomic E-state index is -0.610. The summed E-state index contributed by atoms with van der Waals surface area (Å²) in [7, 11) is 1.60. The molecule has 5 nitrogen and oxygen atoms in total. The first kappa shape index (κ1) is 20.5. The second-order valence-corrected chi connectivity index (χ2v) is 7.14. The lowest BCUT2D eigenvalue weighted by atomic mass is 10.1. The molecule has 1 amide bonds. The lowest BCUT2D eigenvalue weighted by molar-refractivity contribution is -0.127. The van der Waals surface area contributed by atoms with Crippen molar-refractivity contribution in [1.29, 1.82) is 0 Å². The number of carbonyl (C=O) groups excluding carboxylic acids is 1. The summed E-state index contributed by atoms with van der Waals surface area (Å²) in [6.07, 6.45) is -0.552. The summed E-state index contributed by atoms with van der Waals surface area (Å²) in [5.74, 6) is 1.82. The van der Waals surface area contributed by atoms with Crippen molar-refractivity contribution in [1.82, 2.24) is 5.32 Å². The summed E-state index contributed by atoms with van der Waals surface area (Å²) >= 11 is 0. The Morgan fingerprint density at radius 3 is 2.38 bits per heavy atom. The third kappa shape index (κ3) is 5.41. The molecule has 5 heteroatoms. The maximum absolute atomic E-state index is 12.5. The van der Waals surface area contributed by atoms with Crippen LogP contribution in [0, 0.1) is 0 Å². The number of hydrogen-bond acceptors (Lipinski definition) is 4. The Bertz CT molecular complexity index is 984. The van der Waals surface area contributed by atoms with Gasteiger partial charge in [0, 0.05) is 6.54 Å². The number of amides is 1. The summed E-state index contributed by atoms with van der Waals surface area (Å²) in [5.41, 5.74) is 0.921. The molecule has 1 atom stereocenters. The Labute approximate surface area is 171 Å². The number of fused-ring (bicyclic) bond motifs is 1. The zero-order valence-electron chi connectivity index (χ0n) is 17.3. The van der Waals surface area contributed by atoms with E-state index in [1.807, 2.05) is 74.5 Å². The Kier molecular flexibility index (Phi) is 6.60. The van der Waals surface area contributed by atoms with Crippen LogP contribution in [0.2, 0.25) is 0 Å². The average molecular weight is 393 g/mol. The van der Waals surface area contributed by atoms with Gasteiger partial charge in [0.25, 0.3) is 5.91 Å². The number of rotatable bonds is 8. The topological polar surface area (TPSA) is 56.8 Å². The molecule has 29 heavy (non-hydrogen) atoms. The molecule has 3 aromatic rings. The van der Waals surface area contributed by atoms with Crippen LogP contribution in [0.25, 0.3) is 10.8 Å². The van der Waals surface area contributed by atoms with Crippen molar-refractivity contribution in [2.45, 2.75) is 39.5 Å². The number of ether oxygens (including phenoxy) is 3. The van der Waals surface area contributed by atoms with Gasteiger partial charge < -0.3 is 19.5 Å². The molecular weight excluding hydrogens is 366 g/mol. The third-order valence-corrected chi connectivity index (χ3v) is 4.46. The van der Waals surface area contributed by atoms with Gasteiger partial charge in [-0.3, -0.25) is 4.79 Å². The van der Waals surface area contributed by atoms with Crippen LogP contribution in [0.3, 0.4) is 0 Å². The number of carbonyl (C=O) groups is 1. The molecular formula is C24H27NO4. The molecule has 152 valence electrons. The normalized spacial score (nSPS) is 11.9. The highest BCUT2D eigenvalue weighted by Gasteiger charge is 2.15. The summed E-state index contributed by atoms with van der Waals surface area (Å²) in [6.45, 7) is 6.04. The number of nitrogens with one attached hydrogen (secondary N) is 1. The summed E-state index contributed by atoms with van der Waals surface area (Å²) in [6, 6.07) is 19.5. The first-order valence-electron chi connectivity index (χ1n) is 9.73. The van der Waals surface area contributed by atoms with Gasteiger partial charge in [-0.05, 0) is 61.4 Å². The van der Waals surface area contributed by atoms with Crippen LogP contribution < -0.4 is 19.5 Å². The van der Waals surface area contributed by atoms with Gasteiger partial charge in [0.05, 0.1) is 13.2 Å². The molecule has 0 bridgehead atoms. The predicted molar refractivity (Wildman–Crippen MR) is 115 cm³/mol. The molecule has 1 unspecified atom stereocenters. The molecule has 0 aliphatic rings. The van der Waals surface area contributed by atoms with E-state index in [0.717, 1.165) is 16.3 Å². The van der Waals surface area contributed by atoms with Crippen molar-refractivity contribution in [3.05, 3.63) is 66.2 Å². The zero-order valence-corrected chi connectivity index (χ0v) is 17.3. The van der Waals surface area contributed by atoms with Gasteiger partial charge in [0.15, 0.2) is 17.6 Å². The number of hydrogen-bond donors (Lipinski definition) is 1. The Balaban J connectivity index is 1.59. The average Bonchev–Trinajstić information content (AvgIpc) is 2.72. The molecule has 3 rings (SSSR count). The van der Waals surface area contributed by atoms with Crippen molar-refractivity contribution >= 4 is 16.7 Å². The fourth-order valence-corrected chi connectivity index (χ4v) is 3.00. The van der Waals surface area contributed by atoms with Gasteiger partial charge in [-0.2, -0.15) is 0 Å². The molecule has 3 aromatic carbocycles. The Morgan fingerprint density at radius 1 is 0.897 bits per heavy atom. The number of benzene rings is 3. The third-order valence-electron chi connectivity index (χ3n) is 4.46. The molecule has 0 aliphatic carbocycles. The van der Waals surface area contributed by atoms with Gasteiger partial charge in [0.1, 0.15) is 5.75 Å². The fraction of sp³-hybridized carbons (Fsp3) is 0.292. The molecule has 0 spiro atoms. The van der Waals surface area contributed by atoms with E-state index in [0.29, 0.717) is 23.8 Å². The van der Waals surface area contributed by atoms with Crippen LogP contribution in [0.1, 0.15) is 26.3 Å². The van der Waals surface area contributed by atoms with Crippen LogP contribution in [-0.4, -0.2) is 25.2 Å². The highest BCUT2D eigenvalue weighted by Crippen LogP contribution is 2.29. The molecule has 0 saturated heterocycles. The van der Waals surface area contributed by atoms with E-state index < -0.39 is 6.10 Å². The van der Waals surface area contributed by atoms with Crippen LogP contribution in [0.5, 0.6) is 17.2 Å². The monoisotopic (exact) mass is 393 g/mol. The van der Waals surface area contributed by atoms with Crippen molar-refractivity contribution in [3.8, 4) is 17.2 Å². The highest BCUT2D eigenvalue weighted by molar-refractivity contribution is 5.84. The quantitative estimate of drug-likeness (QED) is 0.602. The highest BCUT2D eigenvalue weighted by atomic mass is 16.5. The SMILES string of the molecule is COc1cc(CNC(=O)C(C)Oc2ccc3ccccc3c2)ccc1OC(C)C. The van der Waals surface area contributed by atoms with Crippen molar-refractivity contribution < 1.29 is 19.0 Å². The van der Waals surface area contributed by atoms with Crippen molar-refractivity contribution in [3.63, 3.8) is 0 Å². The molecule has 0 aliphatic heterocycles. The lowest BCUT2D eigenvalue weighted by Gasteiger charge is -2.17.